The minimum Gasteiger partial charge on any atom is -0.263 e. The molecule has 0 unspecified atom stereocenters. The lowest BCUT2D eigenvalue weighted by molar-refractivity contribution is -0.139. The highest BCUT2D eigenvalue weighted by Gasteiger charge is 2.44. The second-order valence-electron chi connectivity index (χ2n) is 3.35. The van der Waals surface area contributed by atoms with Crippen LogP contribution in [0.3, 0.4) is 0 Å². The molecule has 1 heterocycles. The molecule has 0 aliphatic carbocycles. The Morgan fingerprint density at radius 1 is 1.06 bits per heavy atom. The van der Waals surface area contributed by atoms with Crippen LogP contribution in [0.4, 0.5) is 10.5 Å². The molecule has 1 aliphatic rings. The van der Waals surface area contributed by atoms with Crippen LogP contribution in [0.5, 0.6) is 0 Å². The molecule has 1 aromatic carbocycles. The van der Waals surface area contributed by atoms with Crippen LogP contribution >= 0.6 is 0 Å². The lowest BCUT2D eigenvalue weighted by Crippen LogP contribution is -2.33. The molecule has 0 aromatic heterocycles. The number of hydrogen-bond donors (Lipinski definition) is 0. The maximum atomic E-state index is 11.8. The molecule has 0 spiro atoms. The monoisotopic (exact) mass is 228 g/mol. The zero-order valence-corrected chi connectivity index (χ0v) is 8.79. The van der Waals surface area contributed by atoms with Gasteiger partial charge in [-0.1, -0.05) is 24.1 Å². The van der Waals surface area contributed by atoms with E-state index in [1.165, 1.54) is 0 Å². The van der Waals surface area contributed by atoms with E-state index in [2.05, 4.69) is 5.92 Å². The SMILES string of the molecule is C#CCN1C(=O)C(=O)N(c2ccccc2)C1=O. The zero-order chi connectivity index (χ0) is 12.4. The van der Waals surface area contributed by atoms with Crippen LogP contribution in [0, 0.1) is 12.3 Å². The highest BCUT2D eigenvalue weighted by Crippen LogP contribution is 2.21. The van der Waals surface area contributed by atoms with Crippen molar-refractivity contribution in [3.63, 3.8) is 0 Å². The normalized spacial score (nSPS) is 15.4. The number of para-hydroxylation sites is 1. The van der Waals surface area contributed by atoms with Gasteiger partial charge in [0.1, 0.15) is 0 Å². The summed E-state index contributed by atoms with van der Waals surface area (Å²) < 4.78 is 0. The van der Waals surface area contributed by atoms with Crippen molar-refractivity contribution in [3.8, 4) is 12.3 Å². The average Bonchev–Trinajstić information content (AvgIpc) is 2.55. The number of nitrogens with zero attached hydrogens (tertiary/aromatic N) is 2. The third-order valence-electron chi connectivity index (χ3n) is 2.32. The van der Waals surface area contributed by atoms with Crippen molar-refractivity contribution in [2.45, 2.75) is 0 Å². The van der Waals surface area contributed by atoms with Crippen LogP contribution < -0.4 is 4.90 Å². The number of carbonyl (C=O) groups excluding carboxylic acids is 3. The number of benzene rings is 1. The predicted octanol–water partition coefficient (Wildman–Crippen LogP) is 0.615. The van der Waals surface area contributed by atoms with Crippen molar-refractivity contribution in [3.05, 3.63) is 30.3 Å². The topological polar surface area (TPSA) is 57.7 Å². The van der Waals surface area contributed by atoms with Gasteiger partial charge in [0, 0.05) is 0 Å². The number of anilines is 1. The van der Waals surface area contributed by atoms with E-state index in [0.29, 0.717) is 5.69 Å². The molecular weight excluding hydrogens is 220 g/mol. The van der Waals surface area contributed by atoms with Gasteiger partial charge in [-0.25, -0.2) is 14.6 Å². The van der Waals surface area contributed by atoms with Crippen molar-refractivity contribution in [1.29, 1.82) is 0 Å². The summed E-state index contributed by atoms with van der Waals surface area (Å²) in [5.41, 5.74) is 0.357. The first kappa shape index (κ1) is 10.9. The summed E-state index contributed by atoms with van der Waals surface area (Å²) >= 11 is 0. The van der Waals surface area contributed by atoms with Gasteiger partial charge in [-0.2, -0.15) is 0 Å². The van der Waals surface area contributed by atoms with Gasteiger partial charge in [0.2, 0.25) is 0 Å². The Balaban J connectivity index is 2.38. The third-order valence-corrected chi connectivity index (χ3v) is 2.32. The van der Waals surface area contributed by atoms with Gasteiger partial charge < -0.3 is 0 Å². The number of rotatable bonds is 2. The van der Waals surface area contributed by atoms with Crippen LogP contribution in [0.25, 0.3) is 0 Å². The predicted molar refractivity (Wildman–Crippen MR) is 59.9 cm³/mol. The van der Waals surface area contributed by atoms with E-state index in [-0.39, 0.29) is 6.54 Å². The fourth-order valence-corrected chi connectivity index (χ4v) is 1.54. The standard InChI is InChI=1S/C12H8N2O3/c1-2-8-13-10(15)11(16)14(12(13)17)9-6-4-3-5-7-9/h1,3-7H,8H2. The first-order valence-corrected chi connectivity index (χ1v) is 4.85. The molecule has 5 nitrogen and oxygen atoms in total. The molecule has 0 N–H and O–H groups in total. The van der Waals surface area contributed by atoms with Gasteiger partial charge in [-0.15, -0.1) is 6.42 Å². The van der Waals surface area contributed by atoms with Gasteiger partial charge >= 0.3 is 17.8 Å². The minimum atomic E-state index is -0.892. The molecule has 0 saturated carbocycles. The highest BCUT2D eigenvalue weighted by molar-refractivity contribution is 6.52. The number of terminal acetylenes is 1. The second-order valence-corrected chi connectivity index (χ2v) is 3.35. The molecule has 0 bridgehead atoms. The van der Waals surface area contributed by atoms with Gasteiger partial charge in [0.25, 0.3) is 0 Å². The van der Waals surface area contributed by atoms with E-state index < -0.39 is 17.8 Å². The fourth-order valence-electron chi connectivity index (χ4n) is 1.54. The minimum absolute atomic E-state index is 0.202. The van der Waals surface area contributed by atoms with Gasteiger partial charge in [-0.05, 0) is 12.1 Å². The molecule has 2 rings (SSSR count). The molecular formula is C12H8N2O3. The maximum absolute atomic E-state index is 11.8. The fraction of sp³-hybridized carbons (Fsp3) is 0.0833. The molecule has 84 valence electrons. The van der Waals surface area contributed by atoms with Crippen molar-refractivity contribution in [2.75, 3.05) is 11.4 Å². The third kappa shape index (κ3) is 1.66. The summed E-state index contributed by atoms with van der Waals surface area (Å²) in [6.07, 6.45) is 5.04. The number of carbonyl (C=O) groups is 3. The van der Waals surface area contributed by atoms with Crippen molar-refractivity contribution in [1.82, 2.24) is 4.90 Å². The largest absolute Gasteiger partial charge is 0.339 e. The lowest BCUT2D eigenvalue weighted by Gasteiger charge is -2.13. The first-order chi connectivity index (χ1) is 8.16. The van der Waals surface area contributed by atoms with Crippen LogP contribution in [-0.4, -0.2) is 29.3 Å². The van der Waals surface area contributed by atoms with Gasteiger partial charge in [0.05, 0.1) is 12.2 Å². The smallest absolute Gasteiger partial charge is 0.263 e. The lowest BCUT2D eigenvalue weighted by atomic mass is 10.3. The molecule has 1 fully saturated rings. The molecule has 0 radical (unpaired) electrons. The van der Waals surface area contributed by atoms with Gasteiger partial charge in [0.15, 0.2) is 0 Å². The number of urea groups is 1. The van der Waals surface area contributed by atoms with E-state index in [1.807, 2.05) is 0 Å². The Morgan fingerprint density at radius 2 is 1.71 bits per heavy atom. The molecule has 17 heavy (non-hydrogen) atoms. The van der Waals surface area contributed by atoms with E-state index in [4.69, 9.17) is 6.42 Å². The van der Waals surface area contributed by atoms with Crippen LogP contribution in [0.1, 0.15) is 0 Å². The van der Waals surface area contributed by atoms with Crippen LogP contribution in [-0.2, 0) is 9.59 Å². The summed E-state index contributed by atoms with van der Waals surface area (Å²) in [4.78, 5) is 36.6. The summed E-state index contributed by atoms with van der Waals surface area (Å²) in [6.45, 7) is -0.202. The molecule has 5 heteroatoms. The Bertz CT molecular complexity index is 530. The van der Waals surface area contributed by atoms with Crippen molar-refractivity contribution < 1.29 is 14.4 Å². The maximum Gasteiger partial charge on any atom is 0.339 e. The Labute approximate surface area is 97.6 Å². The molecule has 1 aliphatic heterocycles. The number of amides is 4. The Morgan fingerprint density at radius 3 is 2.29 bits per heavy atom. The summed E-state index contributed by atoms with van der Waals surface area (Å²) in [6, 6.07) is 7.53. The summed E-state index contributed by atoms with van der Waals surface area (Å²) in [5.74, 6) is 0.398. The van der Waals surface area contributed by atoms with Crippen molar-refractivity contribution >= 4 is 23.5 Å². The first-order valence-electron chi connectivity index (χ1n) is 4.85. The van der Waals surface area contributed by atoms with Crippen LogP contribution in [0.2, 0.25) is 0 Å². The quantitative estimate of drug-likeness (QED) is 0.423. The highest BCUT2D eigenvalue weighted by atomic mass is 16.2. The Hall–Kier alpha value is -2.61. The van der Waals surface area contributed by atoms with Crippen LogP contribution in [0.15, 0.2) is 30.3 Å². The summed E-state index contributed by atoms with van der Waals surface area (Å²) in [7, 11) is 0. The zero-order valence-electron chi connectivity index (χ0n) is 8.79. The van der Waals surface area contributed by atoms with E-state index >= 15 is 0 Å². The molecule has 1 aromatic rings. The molecule has 1 saturated heterocycles. The molecule has 0 atom stereocenters. The van der Waals surface area contributed by atoms with E-state index in [9.17, 15) is 14.4 Å². The van der Waals surface area contributed by atoms with Crippen molar-refractivity contribution in [2.24, 2.45) is 0 Å². The summed E-state index contributed by atoms with van der Waals surface area (Å²) in [5, 5.41) is 0. The average molecular weight is 228 g/mol. The van der Waals surface area contributed by atoms with Gasteiger partial charge in [-0.3, -0.25) is 9.59 Å². The Kier molecular flexibility index (Phi) is 2.63. The van der Waals surface area contributed by atoms with E-state index in [0.717, 1.165) is 9.80 Å². The number of hydrogen-bond acceptors (Lipinski definition) is 3. The van der Waals surface area contributed by atoms with E-state index in [1.54, 1.807) is 30.3 Å². The molecule has 4 amide bonds. The number of imide groups is 2. The second kappa shape index (κ2) is 4.10.